The Hall–Kier alpha value is -2.46. The Labute approximate surface area is 108 Å². The van der Waals surface area contributed by atoms with Crippen LogP contribution in [0, 0.1) is 27.4 Å². The summed E-state index contributed by atoms with van der Waals surface area (Å²) in [7, 11) is 0. The minimum absolute atomic E-state index is 0.0735. The van der Waals surface area contributed by atoms with Gasteiger partial charge in [0.2, 0.25) is 0 Å². The number of amides is 1. The summed E-state index contributed by atoms with van der Waals surface area (Å²) in [5.74, 6) is -0.729. The fraction of sp³-hybridized carbons (Fsp3) is 0.333. The van der Waals surface area contributed by atoms with E-state index in [9.17, 15) is 14.9 Å². The van der Waals surface area contributed by atoms with Gasteiger partial charge in [-0.25, -0.2) is 0 Å². The Morgan fingerprint density at radius 2 is 2.11 bits per heavy atom. The quantitative estimate of drug-likeness (QED) is 0.641. The zero-order valence-electron chi connectivity index (χ0n) is 9.91. The Morgan fingerprint density at radius 1 is 1.42 bits per heavy atom. The molecule has 0 aromatic heterocycles. The Balaban J connectivity index is 2.04. The average molecular weight is 261 g/mol. The topological polar surface area (TPSA) is 105 Å². The van der Waals surface area contributed by atoms with E-state index < -0.39 is 4.92 Å². The summed E-state index contributed by atoms with van der Waals surface area (Å²) >= 11 is 0. The lowest BCUT2D eigenvalue weighted by Crippen LogP contribution is -2.39. The van der Waals surface area contributed by atoms with E-state index in [0.717, 1.165) is 0 Å². The van der Waals surface area contributed by atoms with Crippen molar-refractivity contribution in [3.05, 3.63) is 39.9 Å². The van der Waals surface area contributed by atoms with Crippen molar-refractivity contribution in [1.82, 2.24) is 5.32 Å². The SMILES string of the molecule is N#C[C@H]1COC[C@@H]1NC(=O)c1ccc([N+](=O)[O-])cc1. The van der Waals surface area contributed by atoms with Crippen molar-refractivity contribution >= 4 is 11.6 Å². The molecular weight excluding hydrogens is 250 g/mol. The summed E-state index contributed by atoms with van der Waals surface area (Å²) < 4.78 is 5.12. The molecule has 7 heteroatoms. The molecule has 1 saturated heterocycles. The van der Waals surface area contributed by atoms with Crippen molar-refractivity contribution in [3.8, 4) is 6.07 Å². The van der Waals surface area contributed by atoms with Crippen LogP contribution in [0.4, 0.5) is 5.69 Å². The maximum absolute atomic E-state index is 11.9. The van der Waals surface area contributed by atoms with E-state index in [1.807, 2.05) is 0 Å². The number of nitrogens with zero attached hydrogens (tertiary/aromatic N) is 2. The van der Waals surface area contributed by atoms with Crippen LogP contribution < -0.4 is 5.32 Å². The molecule has 2 atom stereocenters. The highest BCUT2D eigenvalue weighted by atomic mass is 16.6. The summed E-state index contributed by atoms with van der Waals surface area (Å²) in [4.78, 5) is 21.9. The molecule has 1 aliphatic rings. The first kappa shape index (κ1) is 13.0. The summed E-state index contributed by atoms with van der Waals surface area (Å²) in [5.41, 5.74) is 0.241. The molecule has 1 heterocycles. The summed E-state index contributed by atoms with van der Waals surface area (Å²) in [5, 5.41) is 22.0. The summed E-state index contributed by atoms with van der Waals surface area (Å²) in [6, 6.07) is 7.02. The monoisotopic (exact) mass is 261 g/mol. The molecule has 1 fully saturated rings. The van der Waals surface area contributed by atoms with Gasteiger partial charge in [0.25, 0.3) is 11.6 Å². The van der Waals surface area contributed by atoms with Crippen molar-refractivity contribution in [3.63, 3.8) is 0 Å². The molecule has 7 nitrogen and oxygen atoms in total. The number of hydrogen-bond donors (Lipinski definition) is 1. The van der Waals surface area contributed by atoms with Crippen molar-refractivity contribution in [2.75, 3.05) is 13.2 Å². The number of carbonyl (C=O) groups excluding carboxylic acids is 1. The molecule has 1 aromatic carbocycles. The number of non-ortho nitro benzene ring substituents is 1. The van der Waals surface area contributed by atoms with Gasteiger partial charge in [-0.15, -0.1) is 0 Å². The second kappa shape index (κ2) is 5.46. The van der Waals surface area contributed by atoms with Crippen LogP contribution in [0.3, 0.4) is 0 Å². The van der Waals surface area contributed by atoms with E-state index in [4.69, 9.17) is 10.00 Å². The molecule has 0 bridgehead atoms. The second-order valence-electron chi connectivity index (χ2n) is 4.16. The molecule has 0 saturated carbocycles. The standard InChI is InChI=1S/C12H11N3O4/c13-5-9-6-19-7-11(9)14-12(16)8-1-3-10(4-2-8)15(17)18/h1-4,9,11H,6-7H2,(H,14,16)/t9-,11-/m0/s1. The van der Waals surface area contributed by atoms with Crippen molar-refractivity contribution in [2.24, 2.45) is 5.92 Å². The average Bonchev–Trinajstić information content (AvgIpc) is 2.86. The van der Waals surface area contributed by atoms with Crippen LogP contribution >= 0.6 is 0 Å². The van der Waals surface area contributed by atoms with Gasteiger partial charge in [0, 0.05) is 17.7 Å². The predicted molar refractivity (Wildman–Crippen MR) is 64.3 cm³/mol. The van der Waals surface area contributed by atoms with Gasteiger partial charge in [-0.3, -0.25) is 14.9 Å². The lowest BCUT2D eigenvalue weighted by Gasteiger charge is -2.13. The molecule has 0 aliphatic carbocycles. The van der Waals surface area contributed by atoms with Crippen LogP contribution in [0.2, 0.25) is 0 Å². The van der Waals surface area contributed by atoms with Crippen molar-refractivity contribution in [2.45, 2.75) is 6.04 Å². The van der Waals surface area contributed by atoms with Crippen LogP contribution in [0.5, 0.6) is 0 Å². The Kier molecular flexibility index (Phi) is 3.73. The number of nitrogens with one attached hydrogen (secondary N) is 1. The third-order valence-corrected chi connectivity index (χ3v) is 2.90. The highest BCUT2D eigenvalue weighted by molar-refractivity contribution is 5.94. The molecule has 2 rings (SSSR count). The molecule has 19 heavy (non-hydrogen) atoms. The van der Waals surface area contributed by atoms with E-state index in [1.54, 1.807) is 0 Å². The molecule has 0 spiro atoms. The van der Waals surface area contributed by atoms with Gasteiger partial charge >= 0.3 is 0 Å². The van der Waals surface area contributed by atoms with Crippen LogP contribution in [-0.4, -0.2) is 30.1 Å². The number of rotatable bonds is 3. The summed E-state index contributed by atoms with van der Waals surface area (Å²) in [6.45, 7) is 0.610. The van der Waals surface area contributed by atoms with Crippen LogP contribution in [0.25, 0.3) is 0 Å². The maximum atomic E-state index is 11.9. The van der Waals surface area contributed by atoms with Gasteiger partial charge in [-0.2, -0.15) is 5.26 Å². The number of hydrogen-bond acceptors (Lipinski definition) is 5. The first-order valence-corrected chi connectivity index (χ1v) is 5.64. The van der Waals surface area contributed by atoms with Gasteiger partial charge in [0.15, 0.2) is 0 Å². The smallest absolute Gasteiger partial charge is 0.269 e. The van der Waals surface area contributed by atoms with Crippen molar-refractivity contribution in [1.29, 1.82) is 5.26 Å². The lowest BCUT2D eigenvalue weighted by atomic mass is 10.1. The molecule has 0 unspecified atom stereocenters. The molecule has 1 aliphatic heterocycles. The number of nitriles is 1. The zero-order chi connectivity index (χ0) is 13.8. The molecule has 1 N–H and O–H groups in total. The predicted octanol–water partition coefficient (Wildman–Crippen LogP) is 0.863. The fourth-order valence-electron chi connectivity index (χ4n) is 1.81. The number of ether oxygens (including phenoxy) is 1. The zero-order valence-corrected chi connectivity index (χ0v) is 9.91. The third kappa shape index (κ3) is 2.86. The largest absolute Gasteiger partial charge is 0.378 e. The first-order valence-electron chi connectivity index (χ1n) is 5.64. The van der Waals surface area contributed by atoms with E-state index in [-0.39, 0.29) is 23.6 Å². The number of carbonyl (C=O) groups is 1. The maximum Gasteiger partial charge on any atom is 0.269 e. The first-order chi connectivity index (χ1) is 9.11. The Bertz CT molecular complexity index is 535. The molecule has 1 amide bonds. The molecule has 1 aromatic rings. The van der Waals surface area contributed by atoms with Gasteiger partial charge < -0.3 is 10.1 Å². The van der Waals surface area contributed by atoms with E-state index >= 15 is 0 Å². The normalized spacial score (nSPS) is 21.6. The fourth-order valence-corrected chi connectivity index (χ4v) is 1.81. The minimum Gasteiger partial charge on any atom is -0.378 e. The van der Waals surface area contributed by atoms with Gasteiger partial charge in [-0.1, -0.05) is 0 Å². The lowest BCUT2D eigenvalue weighted by molar-refractivity contribution is -0.384. The van der Waals surface area contributed by atoms with E-state index in [1.165, 1.54) is 24.3 Å². The van der Waals surface area contributed by atoms with Gasteiger partial charge in [-0.05, 0) is 12.1 Å². The molecule has 0 radical (unpaired) electrons. The van der Waals surface area contributed by atoms with Crippen LogP contribution in [-0.2, 0) is 4.74 Å². The number of benzene rings is 1. The summed E-state index contributed by atoms with van der Waals surface area (Å²) in [6.07, 6.45) is 0. The van der Waals surface area contributed by atoms with Crippen molar-refractivity contribution < 1.29 is 14.5 Å². The molecule has 98 valence electrons. The highest BCUT2D eigenvalue weighted by Crippen LogP contribution is 2.15. The van der Waals surface area contributed by atoms with E-state index in [2.05, 4.69) is 11.4 Å². The minimum atomic E-state index is -0.530. The second-order valence-corrected chi connectivity index (χ2v) is 4.16. The van der Waals surface area contributed by atoms with Crippen LogP contribution in [0.1, 0.15) is 10.4 Å². The van der Waals surface area contributed by atoms with Crippen LogP contribution in [0.15, 0.2) is 24.3 Å². The Morgan fingerprint density at radius 3 is 2.68 bits per heavy atom. The highest BCUT2D eigenvalue weighted by Gasteiger charge is 2.29. The third-order valence-electron chi connectivity index (χ3n) is 2.90. The number of nitro benzene ring substituents is 1. The van der Waals surface area contributed by atoms with E-state index in [0.29, 0.717) is 18.8 Å². The molecular formula is C12H11N3O4. The van der Waals surface area contributed by atoms with Gasteiger partial charge in [0.05, 0.1) is 36.2 Å². The van der Waals surface area contributed by atoms with Gasteiger partial charge in [0.1, 0.15) is 0 Å². The number of nitro groups is 1.